The third-order valence-electron chi connectivity index (χ3n) is 4.60. The van der Waals surface area contributed by atoms with Crippen LogP contribution in [0.15, 0.2) is 60.9 Å². The van der Waals surface area contributed by atoms with E-state index in [1.165, 1.54) is 12.1 Å². The van der Waals surface area contributed by atoms with Gasteiger partial charge < -0.3 is 9.64 Å². The van der Waals surface area contributed by atoms with Crippen LogP contribution in [0.3, 0.4) is 0 Å². The zero-order chi connectivity index (χ0) is 18.9. The van der Waals surface area contributed by atoms with Gasteiger partial charge in [-0.1, -0.05) is 30.3 Å². The lowest BCUT2D eigenvalue weighted by Crippen LogP contribution is -2.35. The van der Waals surface area contributed by atoms with Crippen molar-refractivity contribution >= 4 is 5.69 Å². The maximum absolute atomic E-state index is 13.1. The molecule has 0 unspecified atom stereocenters. The zero-order valence-corrected chi connectivity index (χ0v) is 14.5. The molecule has 0 N–H and O–H groups in total. The summed E-state index contributed by atoms with van der Waals surface area (Å²) in [5.41, 5.74) is 2.24. The number of nitrogens with zero attached hydrogens (tertiary/aromatic N) is 3. The minimum atomic E-state index is -4.37. The number of morpholine rings is 1. The summed E-state index contributed by atoms with van der Waals surface area (Å²) in [7, 11) is 0. The monoisotopic (exact) mass is 373 g/mol. The molecule has 1 saturated heterocycles. The maximum atomic E-state index is 13.1. The van der Waals surface area contributed by atoms with Gasteiger partial charge in [0.15, 0.2) is 0 Å². The fourth-order valence-electron chi connectivity index (χ4n) is 3.21. The van der Waals surface area contributed by atoms with E-state index in [2.05, 4.69) is 10.00 Å². The Kier molecular flexibility index (Phi) is 4.61. The molecule has 7 heteroatoms. The SMILES string of the molecule is FC(F)(F)c1cccc(-c2ccccc2-n2cc(N3CCOCC3)cn2)c1. The fourth-order valence-corrected chi connectivity index (χ4v) is 3.21. The molecule has 1 aliphatic rings. The van der Waals surface area contributed by atoms with Crippen molar-refractivity contribution in [1.82, 2.24) is 9.78 Å². The summed E-state index contributed by atoms with van der Waals surface area (Å²) in [6.45, 7) is 2.93. The predicted molar refractivity (Wildman–Crippen MR) is 97.0 cm³/mol. The van der Waals surface area contributed by atoms with E-state index < -0.39 is 11.7 Å². The lowest BCUT2D eigenvalue weighted by atomic mass is 10.0. The van der Waals surface area contributed by atoms with Crippen molar-refractivity contribution in [2.45, 2.75) is 6.18 Å². The van der Waals surface area contributed by atoms with Crippen LogP contribution in [0.5, 0.6) is 0 Å². The van der Waals surface area contributed by atoms with E-state index in [1.807, 2.05) is 24.4 Å². The highest BCUT2D eigenvalue weighted by molar-refractivity contribution is 5.73. The third-order valence-corrected chi connectivity index (χ3v) is 4.60. The maximum Gasteiger partial charge on any atom is 0.416 e. The predicted octanol–water partition coefficient (Wildman–Crippen LogP) is 4.39. The highest BCUT2D eigenvalue weighted by Crippen LogP contribution is 2.34. The second kappa shape index (κ2) is 7.08. The molecule has 4 nitrogen and oxygen atoms in total. The Bertz CT molecular complexity index is 930. The van der Waals surface area contributed by atoms with Crippen molar-refractivity contribution in [3.63, 3.8) is 0 Å². The lowest BCUT2D eigenvalue weighted by molar-refractivity contribution is -0.137. The number of hydrogen-bond donors (Lipinski definition) is 0. The molecular formula is C20H18F3N3O. The summed E-state index contributed by atoms with van der Waals surface area (Å²) in [5.74, 6) is 0. The van der Waals surface area contributed by atoms with E-state index in [0.717, 1.165) is 30.5 Å². The number of alkyl halides is 3. The number of aromatic nitrogens is 2. The minimum Gasteiger partial charge on any atom is -0.378 e. The summed E-state index contributed by atoms with van der Waals surface area (Å²) >= 11 is 0. The Morgan fingerprint density at radius 2 is 1.74 bits per heavy atom. The Hall–Kier alpha value is -2.80. The van der Waals surface area contributed by atoms with Gasteiger partial charge in [-0.2, -0.15) is 18.3 Å². The molecule has 2 heterocycles. The van der Waals surface area contributed by atoms with Crippen LogP contribution >= 0.6 is 0 Å². The zero-order valence-electron chi connectivity index (χ0n) is 14.5. The second-order valence-corrected chi connectivity index (χ2v) is 6.34. The first-order valence-electron chi connectivity index (χ1n) is 8.67. The van der Waals surface area contributed by atoms with Gasteiger partial charge in [0.05, 0.1) is 42.5 Å². The lowest BCUT2D eigenvalue weighted by Gasteiger charge is -2.27. The number of para-hydroxylation sites is 1. The molecule has 3 aromatic rings. The van der Waals surface area contributed by atoms with E-state index in [9.17, 15) is 13.2 Å². The van der Waals surface area contributed by atoms with Gasteiger partial charge in [-0.25, -0.2) is 4.68 Å². The van der Waals surface area contributed by atoms with Crippen molar-refractivity contribution in [1.29, 1.82) is 0 Å². The number of hydrogen-bond acceptors (Lipinski definition) is 3. The van der Waals surface area contributed by atoms with Gasteiger partial charge in [-0.05, 0) is 23.8 Å². The quantitative estimate of drug-likeness (QED) is 0.682. The summed E-state index contributed by atoms with van der Waals surface area (Å²) in [5, 5.41) is 4.43. The van der Waals surface area contributed by atoms with Crippen molar-refractivity contribution in [2.24, 2.45) is 0 Å². The van der Waals surface area contributed by atoms with E-state index in [4.69, 9.17) is 4.74 Å². The van der Waals surface area contributed by atoms with Crippen molar-refractivity contribution in [2.75, 3.05) is 31.2 Å². The van der Waals surface area contributed by atoms with Crippen LogP contribution in [0.4, 0.5) is 18.9 Å². The number of ether oxygens (including phenoxy) is 1. The molecule has 27 heavy (non-hydrogen) atoms. The molecule has 0 bridgehead atoms. The molecule has 0 spiro atoms. The van der Waals surface area contributed by atoms with E-state index in [0.29, 0.717) is 24.3 Å². The Balaban J connectivity index is 1.71. The summed E-state index contributed by atoms with van der Waals surface area (Å²) in [4.78, 5) is 2.18. The third kappa shape index (κ3) is 3.68. The van der Waals surface area contributed by atoms with Crippen LogP contribution in [0.2, 0.25) is 0 Å². The Labute approximate surface area is 154 Å². The molecule has 1 aromatic heterocycles. The van der Waals surface area contributed by atoms with Crippen LogP contribution in [-0.4, -0.2) is 36.1 Å². The highest BCUT2D eigenvalue weighted by atomic mass is 19.4. The topological polar surface area (TPSA) is 30.3 Å². The molecular weight excluding hydrogens is 355 g/mol. The van der Waals surface area contributed by atoms with E-state index >= 15 is 0 Å². The van der Waals surface area contributed by atoms with Crippen LogP contribution in [0.1, 0.15) is 5.56 Å². The minimum absolute atomic E-state index is 0.504. The van der Waals surface area contributed by atoms with E-state index in [1.54, 1.807) is 23.0 Å². The first kappa shape index (κ1) is 17.6. The highest BCUT2D eigenvalue weighted by Gasteiger charge is 2.30. The second-order valence-electron chi connectivity index (χ2n) is 6.34. The number of anilines is 1. The van der Waals surface area contributed by atoms with Crippen LogP contribution in [0.25, 0.3) is 16.8 Å². The summed E-state index contributed by atoms with van der Waals surface area (Å²) in [6, 6.07) is 12.7. The van der Waals surface area contributed by atoms with Gasteiger partial charge in [-0.3, -0.25) is 0 Å². The van der Waals surface area contributed by atoms with Gasteiger partial charge in [0, 0.05) is 18.7 Å². The summed E-state index contributed by atoms with van der Waals surface area (Å²) < 4.78 is 46.3. The normalized spacial score (nSPS) is 15.1. The summed E-state index contributed by atoms with van der Waals surface area (Å²) in [6.07, 6.45) is -0.702. The molecule has 0 saturated carbocycles. The van der Waals surface area contributed by atoms with Gasteiger partial charge in [0.1, 0.15) is 0 Å². The number of benzene rings is 2. The van der Waals surface area contributed by atoms with Gasteiger partial charge >= 0.3 is 6.18 Å². The fraction of sp³-hybridized carbons (Fsp3) is 0.250. The smallest absolute Gasteiger partial charge is 0.378 e. The number of halogens is 3. The van der Waals surface area contributed by atoms with Crippen LogP contribution in [0, 0.1) is 0 Å². The van der Waals surface area contributed by atoms with E-state index in [-0.39, 0.29) is 0 Å². The molecule has 0 atom stereocenters. The molecule has 4 rings (SSSR count). The molecule has 1 aliphatic heterocycles. The first-order valence-corrected chi connectivity index (χ1v) is 8.67. The molecule has 0 aliphatic carbocycles. The molecule has 1 fully saturated rings. The standard InChI is InChI=1S/C20H18F3N3O/c21-20(22,23)16-5-3-4-15(12-16)18-6-1-2-7-19(18)26-14-17(13-24-26)25-8-10-27-11-9-25/h1-7,12-14H,8-11H2. The molecule has 2 aromatic carbocycles. The number of rotatable bonds is 3. The molecule has 140 valence electrons. The van der Waals surface area contributed by atoms with Crippen LogP contribution in [-0.2, 0) is 10.9 Å². The van der Waals surface area contributed by atoms with Crippen LogP contribution < -0.4 is 4.90 Å². The van der Waals surface area contributed by atoms with Crippen molar-refractivity contribution in [3.05, 3.63) is 66.5 Å². The van der Waals surface area contributed by atoms with Gasteiger partial charge in [-0.15, -0.1) is 0 Å². The van der Waals surface area contributed by atoms with Gasteiger partial charge in [0.2, 0.25) is 0 Å². The Morgan fingerprint density at radius 1 is 0.963 bits per heavy atom. The Morgan fingerprint density at radius 3 is 2.52 bits per heavy atom. The molecule has 0 radical (unpaired) electrons. The van der Waals surface area contributed by atoms with Crippen molar-refractivity contribution < 1.29 is 17.9 Å². The average Bonchev–Trinajstić information content (AvgIpc) is 3.18. The average molecular weight is 373 g/mol. The van der Waals surface area contributed by atoms with Crippen molar-refractivity contribution in [3.8, 4) is 16.8 Å². The van der Waals surface area contributed by atoms with Gasteiger partial charge in [0.25, 0.3) is 0 Å². The molecule has 0 amide bonds. The largest absolute Gasteiger partial charge is 0.416 e. The first-order chi connectivity index (χ1) is 13.0.